The number of benzene rings is 1. The van der Waals surface area contributed by atoms with Crippen molar-refractivity contribution in [1.29, 1.82) is 0 Å². The molecule has 6 nitrogen and oxygen atoms in total. The van der Waals surface area contributed by atoms with Gasteiger partial charge in [-0.3, -0.25) is 14.3 Å². The summed E-state index contributed by atoms with van der Waals surface area (Å²) in [5.74, 6) is -0.641. The van der Waals surface area contributed by atoms with Crippen molar-refractivity contribution in [1.82, 2.24) is 19.5 Å². The molecule has 0 amide bonds. The smallest absolute Gasteiger partial charge is 0.277 e. The minimum absolute atomic E-state index is 0.106. The first-order valence-corrected chi connectivity index (χ1v) is 11.2. The Kier molecular flexibility index (Phi) is 6.67. The van der Waals surface area contributed by atoms with Crippen LogP contribution in [0.15, 0.2) is 59.7 Å². The lowest BCUT2D eigenvalue weighted by Gasteiger charge is -2.17. The summed E-state index contributed by atoms with van der Waals surface area (Å²) in [5, 5.41) is -0.159. The fraction of sp³-hybridized carbons (Fsp3) is 0.231. The lowest BCUT2D eigenvalue weighted by atomic mass is 9.95. The summed E-state index contributed by atoms with van der Waals surface area (Å²) in [6, 6.07) is 9.97. The van der Waals surface area contributed by atoms with Gasteiger partial charge in [-0.15, -0.1) is 0 Å². The van der Waals surface area contributed by atoms with Gasteiger partial charge in [-0.2, -0.15) is 0 Å². The molecule has 3 aromatic heterocycles. The van der Waals surface area contributed by atoms with Crippen LogP contribution in [-0.4, -0.2) is 19.5 Å². The first-order chi connectivity index (χ1) is 16.5. The summed E-state index contributed by atoms with van der Waals surface area (Å²) in [6.07, 6.45) is 3.27. The van der Waals surface area contributed by atoms with E-state index in [1.165, 1.54) is 10.6 Å². The first kappa shape index (κ1) is 24.5. The van der Waals surface area contributed by atoms with Crippen LogP contribution in [0.4, 0.5) is 8.78 Å². The van der Waals surface area contributed by atoms with Crippen molar-refractivity contribution in [2.24, 2.45) is 0 Å². The quantitative estimate of drug-likeness (QED) is 0.349. The standard InChI is InChI=1S/C26H23ClF2N4O2/c1-15-11-22(35-14-16-5-6-17(28)12-19(16)29)23(27)24(34)33(15)18-7-9-30-21(13-18)20-8-10-31-25(32-20)26(2,3)4/h5-13H,14H2,1-4H3. The molecule has 0 bridgehead atoms. The van der Waals surface area contributed by atoms with E-state index < -0.39 is 17.2 Å². The molecule has 9 heteroatoms. The van der Waals surface area contributed by atoms with E-state index >= 15 is 0 Å². The van der Waals surface area contributed by atoms with Crippen molar-refractivity contribution < 1.29 is 13.5 Å². The van der Waals surface area contributed by atoms with Gasteiger partial charge in [0.2, 0.25) is 0 Å². The zero-order valence-corrected chi connectivity index (χ0v) is 20.4. The fourth-order valence-electron chi connectivity index (χ4n) is 3.46. The molecule has 0 fully saturated rings. The minimum Gasteiger partial charge on any atom is -0.487 e. The maximum absolute atomic E-state index is 13.9. The molecule has 4 rings (SSSR count). The summed E-state index contributed by atoms with van der Waals surface area (Å²) in [6.45, 7) is 7.59. The summed E-state index contributed by atoms with van der Waals surface area (Å²) >= 11 is 6.33. The molecule has 0 aliphatic carbocycles. The molecular weight excluding hydrogens is 474 g/mol. The molecule has 0 radical (unpaired) electrons. The van der Waals surface area contributed by atoms with E-state index in [9.17, 15) is 13.6 Å². The van der Waals surface area contributed by atoms with E-state index in [0.29, 0.717) is 28.6 Å². The van der Waals surface area contributed by atoms with Crippen LogP contribution in [-0.2, 0) is 12.0 Å². The predicted molar refractivity (Wildman–Crippen MR) is 130 cm³/mol. The van der Waals surface area contributed by atoms with Gasteiger partial charge in [-0.1, -0.05) is 32.4 Å². The lowest BCUT2D eigenvalue weighted by molar-refractivity contribution is 0.298. The van der Waals surface area contributed by atoms with E-state index in [0.717, 1.165) is 12.1 Å². The number of aryl methyl sites for hydroxylation is 1. The number of halogens is 3. The van der Waals surface area contributed by atoms with Gasteiger partial charge < -0.3 is 4.74 Å². The van der Waals surface area contributed by atoms with Crippen molar-refractivity contribution >= 4 is 11.6 Å². The van der Waals surface area contributed by atoms with Gasteiger partial charge in [0, 0.05) is 41.2 Å². The zero-order chi connectivity index (χ0) is 25.3. The average molecular weight is 497 g/mol. The Balaban J connectivity index is 1.67. The molecule has 0 atom stereocenters. The van der Waals surface area contributed by atoms with Gasteiger partial charge in [0.05, 0.1) is 17.1 Å². The SMILES string of the molecule is Cc1cc(OCc2ccc(F)cc2F)c(Cl)c(=O)n1-c1ccnc(-c2ccnc(C(C)(C)C)n2)c1. The highest BCUT2D eigenvalue weighted by atomic mass is 35.5. The highest BCUT2D eigenvalue weighted by Crippen LogP contribution is 2.27. The topological polar surface area (TPSA) is 69.9 Å². The Bertz CT molecular complexity index is 1460. The minimum atomic E-state index is -0.741. The largest absolute Gasteiger partial charge is 0.487 e. The summed E-state index contributed by atoms with van der Waals surface area (Å²) in [5.41, 5.74) is 1.70. The highest BCUT2D eigenvalue weighted by molar-refractivity contribution is 6.31. The normalized spacial score (nSPS) is 11.5. The van der Waals surface area contributed by atoms with Crippen molar-refractivity contribution in [2.75, 3.05) is 0 Å². The van der Waals surface area contributed by atoms with Crippen molar-refractivity contribution in [3.05, 3.63) is 99.0 Å². The van der Waals surface area contributed by atoms with Crippen molar-refractivity contribution in [3.8, 4) is 22.8 Å². The van der Waals surface area contributed by atoms with Crippen LogP contribution in [0, 0.1) is 18.6 Å². The molecule has 0 saturated heterocycles. The molecule has 0 N–H and O–H groups in total. The van der Waals surface area contributed by atoms with Gasteiger partial charge in [-0.25, -0.2) is 18.7 Å². The molecule has 3 heterocycles. The van der Waals surface area contributed by atoms with Crippen molar-refractivity contribution in [3.63, 3.8) is 0 Å². The second-order valence-corrected chi connectivity index (χ2v) is 9.42. The first-order valence-electron chi connectivity index (χ1n) is 10.8. The van der Waals surface area contributed by atoms with Crippen LogP contribution in [0.3, 0.4) is 0 Å². The molecular formula is C26H23ClF2N4O2. The van der Waals surface area contributed by atoms with Gasteiger partial charge in [0.25, 0.3) is 5.56 Å². The predicted octanol–water partition coefficient (Wildman–Crippen LogP) is 5.81. The third-order valence-electron chi connectivity index (χ3n) is 5.29. The van der Waals surface area contributed by atoms with Crippen LogP contribution in [0.5, 0.6) is 5.75 Å². The van der Waals surface area contributed by atoms with Crippen LogP contribution in [0.2, 0.25) is 5.02 Å². The van der Waals surface area contributed by atoms with Gasteiger partial charge in [-0.05, 0) is 37.3 Å². The Hall–Kier alpha value is -3.65. The third kappa shape index (κ3) is 5.22. The summed E-state index contributed by atoms with van der Waals surface area (Å²) in [4.78, 5) is 26.5. The molecule has 1 aromatic carbocycles. The number of aromatic nitrogens is 4. The second kappa shape index (κ2) is 9.54. The molecule has 4 aromatic rings. The number of hydrogen-bond acceptors (Lipinski definition) is 5. The van der Waals surface area contributed by atoms with Gasteiger partial charge >= 0.3 is 0 Å². The van der Waals surface area contributed by atoms with Gasteiger partial charge in [0.15, 0.2) is 0 Å². The van der Waals surface area contributed by atoms with Crippen molar-refractivity contribution in [2.45, 2.75) is 39.7 Å². The molecule has 0 saturated carbocycles. The molecule has 35 heavy (non-hydrogen) atoms. The van der Waals surface area contributed by atoms with E-state index in [4.69, 9.17) is 16.3 Å². The zero-order valence-electron chi connectivity index (χ0n) is 19.6. The van der Waals surface area contributed by atoms with Gasteiger partial charge in [0.1, 0.15) is 34.8 Å². The van der Waals surface area contributed by atoms with Crippen LogP contribution in [0.1, 0.15) is 37.9 Å². The van der Waals surface area contributed by atoms with E-state index in [2.05, 4.69) is 15.0 Å². The lowest BCUT2D eigenvalue weighted by Crippen LogP contribution is -2.22. The molecule has 0 aliphatic heterocycles. The Labute approximate surface area is 206 Å². The van der Waals surface area contributed by atoms with E-state index in [1.54, 1.807) is 43.6 Å². The maximum atomic E-state index is 13.9. The number of nitrogens with zero attached hydrogens (tertiary/aromatic N) is 4. The highest BCUT2D eigenvalue weighted by Gasteiger charge is 2.19. The average Bonchev–Trinajstić information content (AvgIpc) is 2.81. The second-order valence-electron chi connectivity index (χ2n) is 9.04. The summed E-state index contributed by atoms with van der Waals surface area (Å²) in [7, 11) is 0. The maximum Gasteiger partial charge on any atom is 0.277 e. The Morgan fingerprint density at radius 3 is 2.46 bits per heavy atom. The fourth-order valence-corrected chi connectivity index (χ4v) is 3.66. The van der Waals surface area contributed by atoms with Crippen LogP contribution in [0.25, 0.3) is 17.1 Å². The number of rotatable bonds is 5. The number of ether oxygens (including phenoxy) is 1. The molecule has 0 unspecified atom stereocenters. The third-order valence-corrected chi connectivity index (χ3v) is 5.64. The number of hydrogen-bond donors (Lipinski definition) is 0. The molecule has 0 aliphatic rings. The number of pyridine rings is 2. The molecule has 180 valence electrons. The monoisotopic (exact) mass is 496 g/mol. The summed E-state index contributed by atoms with van der Waals surface area (Å²) < 4.78 is 34.1. The van der Waals surface area contributed by atoms with Crippen LogP contribution < -0.4 is 10.3 Å². The van der Waals surface area contributed by atoms with Crippen LogP contribution >= 0.6 is 11.6 Å². The molecule has 0 spiro atoms. The van der Waals surface area contributed by atoms with E-state index in [-0.39, 0.29) is 28.4 Å². The Morgan fingerprint density at radius 2 is 1.74 bits per heavy atom. The van der Waals surface area contributed by atoms with E-state index in [1.807, 2.05) is 20.8 Å². The Morgan fingerprint density at radius 1 is 1.00 bits per heavy atom.